The van der Waals surface area contributed by atoms with Gasteiger partial charge in [-0.25, -0.2) is 13.1 Å². The summed E-state index contributed by atoms with van der Waals surface area (Å²) in [6.07, 6.45) is 3.53. The Kier molecular flexibility index (Phi) is 10.3. The van der Waals surface area contributed by atoms with Gasteiger partial charge < -0.3 is 10.4 Å². The SMILES string of the molecule is CC(C)(O)[C@@H](NC=O)c1ccccc1.CC1(C)CCC(NS(=O)(=O)C2=CC=C(C(F)(F)F)CC=C2)CC1. The van der Waals surface area contributed by atoms with Crippen molar-refractivity contribution in [2.24, 2.45) is 5.41 Å². The Balaban J connectivity index is 0.000000294. The molecule has 37 heavy (non-hydrogen) atoms. The van der Waals surface area contributed by atoms with Crippen molar-refractivity contribution < 1.29 is 31.5 Å². The van der Waals surface area contributed by atoms with E-state index in [-0.39, 0.29) is 28.8 Å². The van der Waals surface area contributed by atoms with Crippen molar-refractivity contribution in [3.05, 3.63) is 70.7 Å². The van der Waals surface area contributed by atoms with Gasteiger partial charge in [-0.2, -0.15) is 13.2 Å². The van der Waals surface area contributed by atoms with Crippen LogP contribution in [-0.4, -0.2) is 37.8 Å². The summed E-state index contributed by atoms with van der Waals surface area (Å²) in [6.45, 7) is 7.64. The van der Waals surface area contributed by atoms with Crippen molar-refractivity contribution in [2.45, 2.75) is 83.7 Å². The van der Waals surface area contributed by atoms with Gasteiger partial charge in [0.05, 0.1) is 16.5 Å². The van der Waals surface area contributed by atoms with Gasteiger partial charge in [0.1, 0.15) is 0 Å². The maximum Gasteiger partial charge on any atom is 0.412 e. The first-order chi connectivity index (χ1) is 17.0. The third kappa shape index (κ3) is 9.75. The molecule has 1 aromatic rings. The highest BCUT2D eigenvalue weighted by Gasteiger charge is 2.34. The molecule has 0 radical (unpaired) electrons. The zero-order valence-electron chi connectivity index (χ0n) is 21.7. The number of nitrogens with one attached hydrogen (secondary N) is 2. The van der Waals surface area contributed by atoms with E-state index in [9.17, 15) is 31.5 Å². The first kappa shape index (κ1) is 30.8. The van der Waals surface area contributed by atoms with Crippen molar-refractivity contribution in [3.8, 4) is 0 Å². The van der Waals surface area contributed by atoms with Crippen LogP contribution in [-0.2, 0) is 14.8 Å². The first-order valence-electron chi connectivity index (χ1n) is 12.2. The fourth-order valence-electron chi connectivity index (χ4n) is 4.22. The van der Waals surface area contributed by atoms with Crippen molar-refractivity contribution in [1.82, 2.24) is 10.0 Å². The van der Waals surface area contributed by atoms with Gasteiger partial charge >= 0.3 is 6.18 Å². The average Bonchev–Trinajstić information content (AvgIpc) is 3.06. The number of carbonyl (C=O) groups excluding carboxylic acids is 1. The zero-order chi connectivity index (χ0) is 27.9. The monoisotopic (exact) mass is 542 g/mol. The Morgan fingerprint density at radius 2 is 1.68 bits per heavy atom. The number of carbonyl (C=O) groups is 1. The Morgan fingerprint density at radius 3 is 2.19 bits per heavy atom. The molecule has 0 unspecified atom stereocenters. The molecule has 6 nitrogen and oxygen atoms in total. The number of sulfonamides is 1. The summed E-state index contributed by atoms with van der Waals surface area (Å²) < 4.78 is 65.5. The molecule has 3 rings (SSSR count). The molecule has 10 heteroatoms. The van der Waals surface area contributed by atoms with Crippen LogP contribution in [0, 0.1) is 5.41 Å². The second kappa shape index (κ2) is 12.4. The second-order valence-corrected chi connectivity index (χ2v) is 12.4. The lowest BCUT2D eigenvalue weighted by molar-refractivity contribution is -0.112. The molecular weight excluding hydrogens is 505 g/mol. The highest BCUT2D eigenvalue weighted by Crippen LogP contribution is 2.36. The van der Waals surface area contributed by atoms with Crippen LogP contribution in [0.1, 0.15) is 71.4 Å². The molecule has 0 aliphatic heterocycles. The van der Waals surface area contributed by atoms with Gasteiger partial charge in [-0.1, -0.05) is 56.3 Å². The molecule has 2 aliphatic carbocycles. The van der Waals surface area contributed by atoms with E-state index in [0.717, 1.165) is 43.4 Å². The maximum atomic E-state index is 12.7. The third-order valence-electron chi connectivity index (χ3n) is 6.48. The summed E-state index contributed by atoms with van der Waals surface area (Å²) in [5.41, 5.74) is -0.610. The smallest absolute Gasteiger partial charge is 0.388 e. The van der Waals surface area contributed by atoms with Crippen LogP contribution in [0.4, 0.5) is 13.2 Å². The van der Waals surface area contributed by atoms with Crippen LogP contribution in [0.5, 0.6) is 0 Å². The minimum atomic E-state index is -4.44. The number of amides is 1. The molecule has 3 N–H and O–H groups in total. The number of hydrogen-bond acceptors (Lipinski definition) is 4. The quantitative estimate of drug-likeness (QED) is 0.399. The van der Waals surface area contributed by atoms with E-state index < -0.39 is 27.4 Å². The summed E-state index contributed by atoms with van der Waals surface area (Å²) in [5, 5.41) is 12.4. The predicted octanol–water partition coefficient (Wildman–Crippen LogP) is 5.45. The Morgan fingerprint density at radius 1 is 1.08 bits per heavy atom. The molecule has 1 fully saturated rings. The second-order valence-electron chi connectivity index (χ2n) is 10.7. The summed E-state index contributed by atoms with van der Waals surface area (Å²) in [6, 6.07) is 8.86. The molecule has 206 valence electrons. The lowest BCUT2D eigenvalue weighted by Crippen LogP contribution is -2.39. The van der Waals surface area contributed by atoms with Gasteiger partial charge in [-0.3, -0.25) is 4.79 Å². The molecule has 0 spiro atoms. The van der Waals surface area contributed by atoms with Gasteiger partial charge in [0.25, 0.3) is 0 Å². The van der Waals surface area contributed by atoms with Crippen molar-refractivity contribution >= 4 is 16.4 Å². The van der Waals surface area contributed by atoms with Gasteiger partial charge in [-0.05, 0) is 69.1 Å². The van der Waals surface area contributed by atoms with Crippen LogP contribution in [0.15, 0.2) is 65.1 Å². The fraction of sp³-hybridized carbons (Fsp3) is 0.519. The third-order valence-corrected chi connectivity index (χ3v) is 8.01. The highest BCUT2D eigenvalue weighted by atomic mass is 32.2. The van der Waals surface area contributed by atoms with Crippen LogP contribution in [0.25, 0.3) is 0 Å². The summed E-state index contributed by atoms with van der Waals surface area (Å²) in [5.74, 6) is 0. The predicted molar refractivity (Wildman–Crippen MR) is 139 cm³/mol. The van der Waals surface area contributed by atoms with E-state index in [1.807, 2.05) is 30.3 Å². The van der Waals surface area contributed by atoms with Crippen molar-refractivity contribution in [1.29, 1.82) is 0 Å². The summed E-state index contributed by atoms with van der Waals surface area (Å²) in [4.78, 5) is 10.3. The standard InChI is InChI=1S/C16H22F3NO2S.C11H15NO2/c1-15(2)10-8-13(9-11-15)20-23(21,22)14-5-3-4-12(6-7-14)16(17,18)19;1-11(2,14)10(12-8-13)9-6-4-3-5-7-9/h3,5-7,13,20H,4,8-11H2,1-2H3;3-8,10,14H,1-2H3,(H,12,13)/t;10-/m.0/s1. The van der Waals surface area contributed by atoms with Crippen LogP contribution in [0.2, 0.25) is 0 Å². The van der Waals surface area contributed by atoms with Crippen LogP contribution in [0.3, 0.4) is 0 Å². The van der Waals surface area contributed by atoms with E-state index >= 15 is 0 Å². The van der Waals surface area contributed by atoms with E-state index in [1.165, 1.54) is 12.2 Å². The van der Waals surface area contributed by atoms with Crippen molar-refractivity contribution in [2.75, 3.05) is 0 Å². The number of alkyl halides is 3. The molecule has 1 saturated carbocycles. The molecule has 2 aliphatic rings. The van der Waals surface area contributed by atoms with Gasteiger partial charge in [0.2, 0.25) is 16.4 Å². The first-order valence-corrected chi connectivity index (χ1v) is 13.7. The fourth-order valence-corrected chi connectivity index (χ4v) is 5.56. The largest absolute Gasteiger partial charge is 0.412 e. The van der Waals surface area contributed by atoms with Crippen LogP contribution >= 0.6 is 0 Å². The van der Waals surface area contributed by atoms with E-state index in [2.05, 4.69) is 23.9 Å². The average molecular weight is 543 g/mol. The Labute approximate surface area is 217 Å². The molecule has 0 heterocycles. The van der Waals surface area contributed by atoms with E-state index in [1.54, 1.807) is 13.8 Å². The van der Waals surface area contributed by atoms with E-state index in [4.69, 9.17) is 0 Å². The topological polar surface area (TPSA) is 95.5 Å². The molecule has 0 bridgehead atoms. The highest BCUT2D eigenvalue weighted by molar-refractivity contribution is 7.93. The molecule has 1 amide bonds. The Bertz CT molecular complexity index is 1090. The normalized spacial score (nSPS) is 19.5. The number of hydrogen-bond donors (Lipinski definition) is 3. The van der Waals surface area contributed by atoms with Gasteiger partial charge in [0.15, 0.2) is 0 Å². The maximum absolute atomic E-state index is 12.7. The number of rotatable bonds is 7. The van der Waals surface area contributed by atoms with Crippen LogP contribution < -0.4 is 10.0 Å². The molecule has 1 aromatic carbocycles. The molecule has 0 aromatic heterocycles. The molecular formula is C27H37F3N2O4S. The summed E-state index contributed by atoms with van der Waals surface area (Å²) in [7, 11) is -3.80. The number of allylic oxidation sites excluding steroid dienone is 5. The minimum absolute atomic E-state index is 0.124. The number of halogens is 3. The lowest BCUT2D eigenvalue weighted by Gasteiger charge is -2.34. The number of aliphatic hydroxyl groups is 1. The lowest BCUT2D eigenvalue weighted by atomic mass is 9.76. The zero-order valence-corrected chi connectivity index (χ0v) is 22.5. The molecule has 1 atom stereocenters. The van der Waals surface area contributed by atoms with Gasteiger partial charge in [0, 0.05) is 11.6 Å². The van der Waals surface area contributed by atoms with Gasteiger partial charge in [-0.15, -0.1) is 0 Å². The Hall–Kier alpha value is -2.43. The van der Waals surface area contributed by atoms with Crippen molar-refractivity contribution in [3.63, 3.8) is 0 Å². The van der Waals surface area contributed by atoms with E-state index in [0.29, 0.717) is 6.41 Å². The number of benzene rings is 1. The minimum Gasteiger partial charge on any atom is -0.388 e. The summed E-state index contributed by atoms with van der Waals surface area (Å²) >= 11 is 0. The molecule has 0 saturated heterocycles.